The number of nitrogens with zero attached hydrogens (tertiary/aromatic N) is 2. The number of anilines is 3. The lowest BCUT2D eigenvalue weighted by Gasteiger charge is -2.09. The number of aromatic nitrogens is 2. The highest BCUT2D eigenvalue weighted by Gasteiger charge is 2.05. The van der Waals surface area contributed by atoms with Gasteiger partial charge in [-0.05, 0) is 29.8 Å². The normalized spacial score (nSPS) is 10.0. The van der Waals surface area contributed by atoms with Gasteiger partial charge >= 0.3 is 6.09 Å². The molecule has 0 radical (unpaired) electrons. The standard InChI is InChI=1S/C11H9ClN4O2S/c12-10-13-5-8(19)9(16-10)14-6-2-1-3-7(4-6)15-11(17)18/h1-5,15,19H,(H,17,18)(H,13,14,16). The van der Waals surface area contributed by atoms with E-state index in [0.717, 1.165) is 0 Å². The van der Waals surface area contributed by atoms with Gasteiger partial charge in [0.2, 0.25) is 5.28 Å². The van der Waals surface area contributed by atoms with Crippen LogP contribution in [0.4, 0.5) is 22.0 Å². The van der Waals surface area contributed by atoms with E-state index in [1.54, 1.807) is 24.3 Å². The molecule has 0 unspecified atom stereocenters. The highest BCUT2D eigenvalue weighted by molar-refractivity contribution is 7.80. The van der Waals surface area contributed by atoms with Crippen molar-refractivity contribution in [2.45, 2.75) is 4.90 Å². The molecule has 0 saturated carbocycles. The fourth-order valence-corrected chi connectivity index (χ4v) is 1.68. The number of benzene rings is 1. The molecule has 0 fully saturated rings. The van der Waals surface area contributed by atoms with Gasteiger partial charge in [0.05, 0.1) is 4.90 Å². The first-order valence-corrected chi connectivity index (χ1v) is 5.95. The van der Waals surface area contributed by atoms with Crippen molar-refractivity contribution in [2.75, 3.05) is 10.6 Å². The maximum atomic E-state index is 10.6. The Hall–Kier alpha value is -1.99. The van der Waals surface area contributed by atoms with Crippen molar-refractivity contribution in [3.63, 3.8) is 0 Å². The summed E-state index contributed by atoms with van der Waals surface area (Å²) in [6, 6.07) is 6.72. The van der Waals surface area contributed by atoms with Crippen LogP contribution in [0.2, 0.25) is 5.28 Å². The zero-order chi connectivity index (χ0) is 13.8. The first-order chi connectivity index (χ1) is 9.04. The molecule has 0 spiro atoms. The van der Waals surface area contributed by atoms with Crippen molar-refractivity contribution in [1.29, 1.82) is 0 Å². The Morgan fingerprint density at radius 1 is 1.37 bits per heavy atom. The van der Waals surface area contributed by atoms with E-state index in [1.165, 1.54) is 6.20 Å². The number of nitrogens with one attached hydrogen (secondary N) is 2. The topological polar surface area (TPSA) is 87.1 Å². The lowest BCUT2D eigenvalue weighted by Crippen LogP contribution is -2.07. The van der Waals surface area contributed by atoms with Crippen molar-refractivity contribution in [3.05, 3.63) is 35.7 Å². The summed E-state index contributed by atoms with van der Waals surface area (Å²) in [6.45, 7) is 0. The number of hydrogen-bond donors (Lipinski definition) is 4. The molecule has 0 aliphatic carbocycles. The molecule has 2 aromatic rings. The molecule has 19 heavy (non-hydrogen) atoms. The monoisotopic (exact) mass is 296 g/mol. The Morgan fingerprint density at radius 2 is 2.11 bits per heavy atom. The van der Waals surface area contributed by atoms with Crippen molar-refractivity contribution in [2.24, 2.45) is 0 Å². The van der Waals surface area contributed by atoms with Crippen LogP contribution in [0.1, 0.15) is 0 Å². The fraction of sp³-hybridized carbons (Fsp3) is 0. The predicted octanol–water partition coefficient (Wildman–Crippen LogP) is 3.25. The Balaban J connectivity index is 2.23. The van der Waals surface area contributed by atoms with Gasteiger partial charge in [-0.2, -0.15) is 4.98 Å². The first-order valence-electron chi connectivity index (χ1n) is 5.13. The van der Waals surface area contributed by atoms with Crippen molar-refractivity contribution in [3.8, 4) is 0 Å². The van der Waals surface area contributed by atoms with Crippen LogP contribution in [0.3, 0.4) is 0 Å². The van der Waals surface area contributed by atoms with E-state index >= 15 is 0 Å². The quantitative estimate of drug-likeness (QED) is 0.516. The van der Waals surface area contributed by atoms with Crippen LogP contribution in [0.15, 0.2) is 35.4 Å². The zero-order valence-electron chi connectivity index (χ0n) is 9.46. The van der Waals surface area contributed by atoms with Gasteiger partial charge in [-0.25, -0.2) is 9.78 Å². The Bertz CT molecular complexity index is 623. The Kier molecular flexibility index (Phi) is 4.08. The van der Waals surface area contributed by atoms with Gasteiger partial charge in [-0.15, -0.1) is 12.6 Å². The highest BCUT2D eigenvalue weighted by Crippen LogP contribution is 2.24. The Labute approximate surface area is 119 Å². The second-order valence-electron chi connectivity index (χ2n) is 3.51. The summed E-state index contributed by atoms with van der Waals surface area (Å²) < 4.78 is 0. The molecule has 0 aliphatic rings. The molecule has 0 bridgehead atoms. The number of carbonyl (C=O) groups is 1. The SMILES string of the molecule is O=C(O)Nc1cccc(Nc2nc(Cl)ncc2S)c1. The molecular weight excluding hydrogens is 288 g/mol. The second kappa shape index (κ2) is 5.77. The van der Waals surface area contributed by atoms with Crippen molar-refractivity contribution in [1.82, 2.24) is 9.97 Å². The van der Waals surface area contributed by atoms with Crippen molar-refractivity contribution < 1.29 is 9.90 Å². The fourth-order valence-electron chi connectivity index (χ4n) is 1.38. The smallest absolute Gasteiger partial charge is 0.409 e. The van der Waals surface area contributed by atoms with E-state index in [4.69, 9.17) is 16.7 Å². The second-order valence-corrected chi connectivity index (χ2v) is 4.33. The molecule has 0 saturated heterocycles. The number of halogens is 1. The molecule has 1 aromatic heterocycles. The summed E-state index contributed by atoms with van der Waals surface area (Å²) in [5.74, 6) is 0.441. The molecule has 1 heterocycles. The Morgan fingerprint density at radius 3 is 2.84 bits per heavy atom. The lowest BCUT2D eigenvalue weighted by atomic mass is 10.3. The van der Waals surface area contributed by atoms with E-state index in [-0.39, 0.29) is 5.28 Å². The maximum Gasteiger partial charge on any atom is 0.409 e. The van der Waals surface area contributed by atoms with Crippen molar-refractivity contribution >= 4 is 47.5 Å². The van der Waals surface area contributed by atoms with Crippen LogP contribution in [0, 0.1) is 0 Å². The third-order valence-electron chi connectivity index (χ3n) is 2.12. The van der Waals surface area contributed by atoms with Gasteiger partial charge in [-0.1, -0.05) is 6.07 Å². The minimum atomic E-state index is -1.13. The number of rotatable bonds is 3. The molecule has 8 heteroatoms. The summed E-state index contributed by atoms with van der Waals surface area (Å²) in [5.41, 5.74) is 1.09. The van der Waals surface area contributed by atoms with Crippen LogP contribution in [0.5, 0.6) is 0 Å². The average molecular weight is 297 g/mol. The lowest BCUT2D eigenvalue weighted by molar-refractivity contribution is 0.210. The predicted molar refractivity (Wildman–Crippen MR) is 75.7 cm³/mol. The molecule has 3 N–H and O–H groups in total. The summed E-state index contributed by atoms with van der Waals surface area (Å²) in [5, 5.41) is 14.0. The minimum absolute atomic E-state index is 0.0973. The van der Waals surface area contributed by atoms with Crippen LogP contribution in [-0.4, -0.2) is 21.2 Å². The van der Waals surface area contributed by atoms with E-state index in [2.05, 4.69) is 33.2 Å². The number of amides is 1. The van der Waals surface area contributed by atoms with Crippen LogP contribution < -0.4 is 10.6 Å². The maximum absolute atomic E-state index is 10.6. The molecule has 1 amide bonds. The van der Waals surface area contributed by atoms with E-state index in [1.807, 2.05) is 0 Å². The molecular formula is C11H9ClN4O2S. The van der Waals surface area contributed by atoms with Gasteiger partial charge in [-0.3, -0.25) is 5.32 Å². The zero-order valence-corrected chi connectivity index (χ0v) is 11.1. The molecule has 1 aromatic carbocycles. The van der Waals surface area contributed by atoms with Crippen LogP contribution >= 0.6 is 24.2 Å². The van der Waals surface area contributed by atoms with Crippen LogP contribution in [-0.2, 0) is 0 Å². The van der Waals surface area contributed by atoms with E-state index in [0.29, 0.717) is 22.1 Å². The third-order valence-corrected chi connectivity index (χ3v) is 2.63. The summed E-state index contributed by atoms with van der Waals surface area (Å²) in [4.78, 5) is 18.9. The first kappa shape index (κ1) is 13.4. The number of hydrogen-bond acceptors (Lipinski definition) is 5. The van der Waals surface area contributed by atoms with Gasteiger partial charge in [0.25, 0.3) is 0 Å². The molecule has 0 atom stereocenters. The summed E-state index contributed by atoms with van der Waals surface area (Å²) >= 11 is 9.90. The van der Waals surface area contributed by atoms with Gasteiger partial charge in [0.1, 0.15) is 5.82 Å². The molecule has 6 nitrogen and oxygen atoms in total. The highest BCUT2D eigenvalue weighted by atomic mass is 35.5. The van der Waals surface area contributed by atoms with Crippen LogP contribution in [0.25, 0.3) is 0 Å². The largest absolute Gasteiger partial charge is 0.465 e. The summed E-state index contributed by atoms with van der Waals surface area (Å²) in [7, 11) is 0. The number of thiol groups is 1. The summed E-state index contributed by atoms with van der Waals surface area (Å²) in [6.07, 6.45) is 0.345. The van der Waals surface area contributed by atoms with E-state index in [9.17, 15) is 4.79 Å². The number of carboxylic acid groups (broad SMARTS) is 1. The minimum Gasteiger partial charge on any atom is -0.465 e. The average Bonchev–Trinajstić information content (AvgIpc) is 2.33. The third kappa shape index (κ3) is 3.73. The van der Waals surface area contributed by atoms with Gasteiger partial charge < -0.3 is 10.4 Å². The molecule has 0 aliphatic heterocycles. The van der Waals surface area contributed by atoms with Gasteiger partial charge in [0.15, 0.2) is 0 Å². The molecule has 2 rings (SSSR count). The molecule has 98 valence electrons. The van der Waals surface area contributed by atoms with Gasteiger partial charge in [0, 0.05) is 17.6 Å². The van der Waals surface area contributed by atoms with E-state index < -0.39 is 6.09 Å².